The van der Waals surface area contributed by atoms with Crippen LogP contribution in [0.5, 0.6) is 5.75 Å². The Balaban J connectivity index is 1.59. The summed E-state index contributed by atoms with van der Waals surface area (Å²) in [4.78, 5) is 38.1. The Morgan fingerprint density at radius 2 is 2.00 bits per heavy atom. The molecule has 0 N–H and O–H groups in total. The van der Waals surface area contributed by atoms with Gasteiger partial charge in [-0.25, -0.2) is 4.90 Å². The van der Waals surface area contributed by atoms with Crippen molar-refractivity contribution in [3.63, 3.8) is 0 Å². The molecule has 146 valence electrons. The van der Waals surface area contributed by atoms with E-state index in [-0.39, 0.29) is 17.1 Å². The van der Waals surface area contributed by atoms with Crippen molar-refractivity contribution in [3.05, 3.63) is 40.5 Å². The Bertz CT molecular complexity index is 924. The molecule has 0 saturated carbocycles. The molecule has 4 heterocycles. The number of hydrogen-bond donors (Lipinski definition) is 0. The Hall–Kier alpha value is -2.82. The summed E-state index contributed by atoms with van der Waals surface area (Å²) in [6.45, 7) is 0.743. The molecule has 5 rings (SSSR count). The number of carbonyl (C=O) groups is 2. The molecule has 3 fully saturated rings. The van der Waals surface area contributed by atoms with Crippen LogP contribution in [0.1, 0.15) is 0 Å². The van der Waals surface area contributed by atoms with E-state index in [1.165, 1.54) is 25.3 Å². The molecule has 2 amide bonds. The van der Waals surface area contributed by atoms with Gasteiger partial charge in [0.05, 0.1) is 43.2 Å². The molecule has 1 aromatic carbocycles. The first-order chi connectivity index (χ1) is 13.5. The third-order valence-electron chi connectivity index (χ3n) is 5.68. The van der Waals surface area contributed by atoms with Gasteiger partial charge in [0, 0.05) is 12.1 Å². The van der Waals surface area contributed by atoms with Gasteiger partial charge in [0.25, 0.3) is 5.69 Å². The van der Waals surface area contributed by atoms with Crippen LogP contribution in [0.25, 0.3) is 0 Å². The summed E-state index contributed by atoms with van der Waals surface area (Å²) >= 11 is 0. The van der Waals surface area contributed by atoms with E-state index in [4.69, 9.17) is 18.9 Å². The monoisotopic (exact) mass is 388 g/mol. The van der Waals surface area contributed by atoms with Crippen LogP contribution in [-0.2, 0) is 23.8 Å². The second-order valence-corrected chi connectivity index (χ2v) is 7.00. The van der Waals surface area contributed by atoms with E-state index >= 15 is 0 Å². The molecule has 4 aliphatic heterocycles. The van der Waals surface area contributed by atoms with Crippen LogP contribution in [0.2, 0.25) is 0 Å². The van der Waals surface area contributed by atoms with Gasteiger partial charge in [-0.15, -0.1) is 0 Å². The molecule has 10 heteroatoms. The van der Waals surface area contributed by atoms with E-state index in [0.717, 1.165) is 4.90 Å². The Morgan fingerprint density at radius 1 is 1.25 bits per heavy atom. The quantitative estimate of drug-likeness (QED) is 0.322. The number of benzene rings is 1. The molecule has 0 unspecified atom stereocenters. The van der Waals surface area contributed by atoms with Crippen LogP contribution in [-0.4, -0.2) is 55.1 Å². The molecule has 10 nitrogen and oxygen atoms in total. The van der Waals surface area contributed by atoms with E-state index < -0.39 is 46.6 Å². The van der Waals surface area contributed by atoms with E-state index in [9.17, 15) is 19.7 Å². The van der Waals surface area contributed by atoms with E-state index in [1.54, 1.807) is 12.2 Å². The normalized spacial score (nSPS) is 33.8. The second kappa shape index (κ2) is 5.84. The molecule has 0 aliphatic carbocycles. The number of hydrogen-bond acceptors (Lipinski definition) is 8. The molecule has 28 heavy (non-hydrogen) atoms. The highest BCUT2D eigenvalue weighted by Crippen LogP contribution is 2.55. The summed E-state index contributed by atoms with van der Waals surface area (Å²) in [5.74, 6) is -2.38. The van der Waals surface area contributed by atoms with E-state index in [1.807, 2.05) is 0 Å². The number of rotatable bonds is 4. The smallest absolute Gasteiger partial charge is 0.271 e. The van der Waals surface area contributed by atoms with Gasteiger partial charge in [-0.3, -0.25) is 19.7 Å². The van der Waals surface area contributed by atoms with Crippen LogP contribution >= 0.6 is 0 Å². The number of imide groups is 1. The number of nitro benzene ring substituents is 1. The summed E-state index contributed by atoms with van der Waals surface area (Å²) in [6, 6.07) is 3.79. The summed E-state index contributed by atoms with van der Waals surface area (Å²) in [7, 11) is 1.37. The number of fused-ring (bicyclic) bond motifs is 5. The van der Waals surface area contributed by atoms with Crippen LogP contribution in [0.15, 0.2) is 30.4 Å². The molecule has 2 bridgehead atoms. The van der Waals surface area contributed by atoms with Crippen molar-refractivity contribution >= 4 is 23.2 Å². The van der Waals surface area contributed by atoms with E-state index in [0.29, 0.717) is 13.2 Å². The Kier molecular flexibility index (Phi) is 3.60. The van der Waals surface area contributed by atoms with Crippen LogP contribution in [0, 0.1) is 22.0 Å². The maximum absolute atomic E-state index is 13.4. The lowest BCUT2D eigenvalue weighted by Gasteiger charge is -2.32. The van der Waals surface area contributed by atoms with Crippen molar-refractivity contribution in [2.75, 3.05) is 25.2 Å². The molecule has 4 atom stereocenters. The number of non-ortho nitro benzene ring substituents is 1. The average molecular weight is 388 g/mol. The first-order valence-electron chi connectivity index (χ1n) is 8.78. The van der Waals surface area contributed by atoms with Crippen molar-refractivity contribution in [1.29, 1.82) is 0 Å². The zero-order valence-electron chi connectivity index (χ0n) is 14.8. The van der Waals surface area contributed by atoms with Gasteiger partial charge < -0.3 is 18.9 Å². The Morgan fingerprint density at radius 3 is 2.68 bits per heavy atom. The lowest BCUT2D eigenvalue weighted by atomic mass is 9.76. The van der Waals surface area contributed by atoms with Gasteiger partial charge in [0.1, 0.15) is 11.4 Å². The Labute approximate surface area is 158 Å². The zero-order valence-corrected chi connectivity index (χ0v) is 14.8. The summed E-state index contributed by atoms with van der Waals surface area (Å²) in [6.07, 6.45) is 2.11. The van der Waals surface area contributed by atoms with Crippen molar-refractivity contribution in [2.24, 2.45) is 11.8 Å². The van der Waals surface area contributed by atoms with Crippen molar-refractivity contribution in [3.8, 4) is 5.75 Å². The number of anilines is 1. The fourth-order valence-electron chi connectivity index (χ4n) is 4.53. The first-order valence-corrected chi connectivity index (χ1v) is 8.78. The highest BCUT2D eigenvalue weighted by molar-refractivity contribution is 6.24. The molecule has 0 spiro atoms. The number of ether oxygens (including phenoxy) is 4. The van der Waals surface area contributed by atoms with Gasteiger partial charge in [0.15, 0.2) is 11.9 Å². The molecule has 3 saturated heterocycles. The summed E-state index contributed by atoms with van der Waals surface area (Å²) in [5.41, 5.74) is -1.38. The minimum atomic E-state index is -1.18. The predicted octanol–water partition coefficient (Wildman–Crippen LogP) is 0.789. The van der Waals surface area contributed by atoms with Crippen LogP contribution in [0.4, 0.5) is 11.4 Å². The summed E-state index contributed by atoms with van der Waals surface area (Å²) in [5, 5.41) is 11.2. The summed E-state index contributed by atoms with van der Waals surface area (Å²) < 4.78 is 22.4. The zero-order chi connectivity index (χ0) is 19.6. The third-order valence-corrected chi connectivity index (χ3v) is 5.68. The minimum Gasteiger partial charge on any atom is -0.495 e. The lowest BCUT2D eigenvalue weighted by Crippen LogP contribution is -2.49. The molecule has 1 aromatic rings. The van der Waals surface area contributed by atoms with Gasteiger partial charge in [0.2, 0.25) is 11.8 Å². The van der Waals surface area contributed by atoms with Gasteiger partial charge in [-0.1, -0.05) is 6.08 Å². The largest absolute Gasteiger partial charge is 0.495 e. The number of methoxy groups -OCH3 is 1. The maximum atomic E-state index is 13.4. The topological polar surface area (TPSA) is 117 Å². The SMILES string of the molecule is COc1ccc([N+](=O)[O-])cc1N1C(=O)[C@@H]2[C@H]3C=C[C@@](C4OCCO4)(O3)[C@H]2C1=O. The molecule has 0 radical (unpaired) electrons. The highest BCUT2D eigenvalue weighted by Gasteiger charge is 2.71. The minimum absolute atomic E-state index is 0.0453. The van der Waals surface area contributed by atoms with Crippen LogP contribution in [0.3, 0.4) is 0 Å². The molecule has 4 aliphatic rings. The number of amides is 2. The van der Waals surface area contributed by atoms with Gasteiger partial charge in [-0.05, 0) is 12.1 Å². The predicted molar refractivity (Wildman–Crippen MR) is 91.6 cm³/mol. The standard InChI is InChI=1S/C18H16N2O8/c1-25-11-3-2-9(20(23)24)8-10(11)19-15(21)13-12-4-5-18(28-12,14(13)16(19)22)17-26-6-7-27-17/h2-5,8,12-14,17H,6-7H2,1H3/t12-,13-,14-,18-/m1/s1. The molecule has 0 aromatic heterocycles. The number of carbonyl (C=O) groups excluding carboxylic acids is 2. The highest BCUT2D eigenvalue weighted by atomic mass is 16.7. The van der Waals surface area contributed by atoms with Crippen molar-refractivity contribution < 1.29 is 33.5 Å². The lowest BCUT2D eigenvalue weighted by molar-refractivity contribution is -0.384. The fraction of sp³-hybridized carbons (Fsp3) is 0.444. The molecular formula is C18H16N2O8. The fourth-order valence-corrected chi connectivity index (χ4v) is 4.53. The maximum Gasteiger partial charge on any atom is 0.271 e. The first kappa shape index (κ1) is 17.3. The van der Waals surface area contributed by atoms with Gasteiger partial charge >= 0.3 is 0 Å². The third kappa shape index (κ3) is 2.07. The number of nitro groups is 1. The van der Waals surface area contributed by atoms with Gasteiger partial charge in [-0.2, -0.15) is 0 Å². The van der Waals surface area contributed by atoms with E-state index in [2.05, 4.69) is 0 Å². The number of nitrogens with zero attached hydrogens (tertiary/aromatic N) is 2. The molecular weight excluding hydrogens is 372 g/mol. The van der Waals surface area contributed by atoms with Crippen molar-refractivity contribution in [1.82, 2.24) is 0 Å². The van der Waals surface area contributed by atoms with Crippen LogP contribution < -0.4 is 9.64 Å². The average Bonchev–Trinajstić information content (AvgIpc) is 3.45. The second-order valence-electron chi connectivity index (χ2n) is 7.00. The van der Waals surface area contributed by atoms with Crippen molar-refractivity contribution in [2.45, 2.75) is 18.0 Å².